The Morgan fingerprint density at radius 1 is 0.471 bits per heavy atom. The van der Waals surface area contributed by atoms with Crippen LogP contribution in [0.5, 0.6) is 0 Å². The summed E-state index contributed by atoms with van der Waals surface area (Å²) in [5.74, 6) is 0.659. The Morgan fingerprint density at radius 3 is 2.06 bits per heavy atom. The van der Waals surface area contributed by atoms with Gasteiger partial charge < -0.3 is 4.42 Å². The molecule has 0 bridgehead atoms. The van der Waals surface area contributed by atoms with E-state index in [0.29, 0.717) is 5.95 Å². The largest absolute Gasteiger partial charge is 0.456 e. The van der Waals surface area contributed by atoms with Crippen LogP contribution >= 0.6 is 0 Å². The first-order valence-electron chi connectivity index (χ1n) is 17.5. The summed E-state index contributed by atoms with van der Waals surface area (Å²) in [5, 5.41) is 5.62. The first-order chi connectivity index (χ1) is 25.0. The summed E-state index contributed by atoms with van der Waals surface area (Å²) >= 11 is 0. The average molecular weight is 654 g/mol. The molecule has 11 rings (SSSR count). The number of fused-ring (bicyclic) bond motifs is 10. The highest BCUT2D eigenvalue weighted by atomic mass is 16.3. The molecule has 0 saturated carbocycles. The quantitative estimate of drug-likeness (QED) is 0.191. The third-order valence-electron chi connectivity index (χ3n) is 11.0. The molecule has 3 heterocycles. The van der Waals surface area contributed by atoms with E-state index in [4.69, 9.17) is 14.4 Å². The number of rotatable bonds is 3. The van der Waals surface area contributed by atoms with Gasteiger partial charge in [0.05, 0.1) is 22.2 Å². The van der Waals surface area contributed by atoms with Gasteiger partial charge in [-0.1, -0.05) is 123 Å². The minimum absolute atomic E-state index is 0.109. The zero-order valence-corrected chi connectivity index (χ0v) is 28.2. The molecule has 0 unspecified atom stereocenters. The first kappa shape index (κ1) is 28.3. The molecule has 7 aromatic carbocycles. The summed E-state index contributed by atoms with van der Waals surface area (Å²) in [4.78, 5) is 10.7. The fourth-order valence-corrected chi connectivity index (χ4v) is 8.51. The van der Waals surface area contributed by atoms with Crippen molar-refractivity contribution >= 4 is 54.6 Å². The standard InChI is InChI=1S/C47H31N3O/c1-47(2)38-15-7-3-11-31(38)32-22-20-30(26-39(32)47)45-36-14-4-8-16-40(36)48-46(49-45)50-41-17-9-5-12-33(41)34-23-19-29(27-42(34)50)28-21-24-44-37(25-28)35-13-6-10-18-43(35)51-44/h3-27H,1-2H3. The summed E-state index contributed by atoms with van der Waals surface area (Å²) in [7, 11) is 0. The number of aromatic nitrogens is 3. The predicted molar refractivity (Wildman–Crippen MR) is 210 cm³/mol. The maximum atomic E-state index is 6.14. The molecular formula is C47H31N3O. The Balaban J connectivity index is 1.14. The molecule has 4 heteroatoms. The molecule has 0 radical (unpaired) electrons. The van der Waals surface area contributed by atoms with Crippen LogP contribution in [-0.2, 0) is 5.41 Å². The van der Waals surface area contributed by atoms with Gasteiger partial charge in [-0.05, 0) is 75.8 Å². The Kier molecular flexibility index (Phi) is 5.70. The highest BCUT2D eigenvalue weighted by molar-refractivity contribution is 6.11. The Morgan fingerprint density at radius 2 is 1.14 bits per heavy atom. The average Bonchev–Trinajstić information content (AvgIpc) is 3.79. The molecule has 10 aromatic rings. The maximum absolute atomic E-state index is 6.14. The van der Waals surface area contributed by atoms with Crippen molar-refractivity contribution in [1.82, 2.24) is 14.5 Å². The van der Waals surface area contributed by atoms with Crippen molar-refractivity contribution in [2.24, 2.45) is 0 Å². The van der Waals surface area contributed by atoms with Gasteiger partial charge in [-0.2, -0.15) is 0 Å². The summed E-state index contributed by atoms with van der Waals surface area (Å²) in [6.45, 7) is 4.65. The lowest BCUT2D eigenvalue weighted by Crippen LogP contribution is -2.15. The van der Waals surface area contributed by atoms with Crippen molar-refractivity contribution in [2.75, 3.05) is 0 Å². The molecule has 1 aliphatic rings. The molecule has 240 valence electrons. The van der Waals surface area contributed by atoms with Gasteiger partial charge in [0.25, 0.3) is 0 Å². The molecule has 0 saturated heterocycles. The number of nitrogens with zero attached hydrogens (tertiary/aromatic N) is 3. The Labute approximate surface area is 294 Å². The van der Waals surface area contributed by atoms with Crippen molar-refractivity contribution < 1.29 is 4.42 Å². The topological polar surface area (TPSA) is 43.9 Å². The Hall–Kier alpha value is -6.52. The Bertz CT molecular complexity index is 3070. The van der Waals surface area contributed by atoms with Gasteiger partial charge in [0.15, 0.2) is 0 Å². The van der Waals surface area contributed by atoms with E-state index in [0.717, 1.165) is 66.3 Å². The number of para-hydroxylation sites is 3. The predicted octanol–water partition coefficient (Wildman–Crippen LogP) is 12.3. The molecule has 4 nitrogen and oxygen atoms in total. The summed E-state index contributed by atoms with van der Waals surface area (Å²) in [5.41, 5.74) is 14.4. The third-order valence-corrected chi connectivity index (χ3v) is 11.0. The fourth-order valence-electron chi connectivity index (χ4n) is 8.51. The van der Waals surface area contributed by atoms with E-state index in [1.165, 1.54) is 33.0 Å². The van der Waals surface area contributed by atoms with E-state index in [9.17, 15) is 0 Å². The summed E-state index contributed by atoms with van der Waals surface area (Å²) in [6, 6.07) is 54.1. The number of furan rings is 1. The van der Waals surface area contributed by atoms with E-state index in [2.05, 4.69) is 158 Å². The molecule has 0 N–H and O–H groups in total. The first-order valence-corrected chi connectivity index (χ1v) is 17.5. The van der Waals surface area contributed by atoms with Gasteiger partial charge in [0.2, 0.25) is 5.95 Å². The minimum atomic E-state index is -0.109. The molecule has 0 atom stereocenters. The van der Waals surface area contributed by atoms with Gasteiger partial charge >= 0.3 is 0 Å². The molecule has 0 amide bonds. The van der Waals surface area contributed by atoms with Crippen LogP contribution in [0.4, 0.5) is 0 Å². The lowest BCUT2D eigenvalue weighted by atomic mass is 9.82. The second-order valence-corrected chi connectivity index (χ2v) is 14.2. The van der Waals surface area contributed by atoms with Gasteiger partial charge in [-0.25, -0.2) is 9.97 Å². The SMILES string of the molecule is CC1(C)c2ccccc2-c2ccc(-c3nc(-n4c5ccccc5c5ccc(-c6ccc7oc8ccccc8c7c6)cc54)nc4ccccc34)cc21. The monoisotopic (exact) mass is 653 g/mol. The van der Waals surface area contributed by atoms with Crippen molar-refractivity contribution in [1.29, 1.82) is 0 Å². The zero-order valence-electron chi connectivity index (χ0n) is 28.2. The third kappa shape index (κ3) is 4.02. The maximum Gasteiger partial charge on any atom is 0.235 e. The van der Waals surface area contributed by atoms with E-state index in [1.54, 1.807) is 0 Å². The van der Waals surface area contributed by atoms with Crippen LogP contribution in [0.15, 0.2) is 156 Å². The number of hydrogen-bond donors (Lipinski definition) is 0. The molecular weight excluding hydrogens is 623 g/mol. The lowest BCUT2D eigenvalue weighted by Gasteiger charge is -2.22. The number of hydrogen-bond acceptors (Lipinski definition) is 3. The van der Waals surface area contributed by atoms with Crippen LogP contribution in [0.25, 0.3) is 94.1 Å². The van der Waals surface area contributed by atoms with Crippen molar-refractivity contribution in [3.05, 3.63) is 163 Å². The van der Waals surface area contributed by atoms with Crippen LogP contribution in [-0.4, -0.2) is 14.5 Å². The normalized spacial score (nSPS) is 13.5. The van der Waals surface area contributed by atoms with E-state index < -0.39 is 0 Å². The molecule has 0 spiro atoms. The summed E-state index contributed by atoms with van der Waals surface area (Å²) < 4.78 is 8.38. The van der Waals surface area contributed by atoms with E-state index in [1.807, 2.05) is 12.1 Å². The lowest BCUT2D eigenvalue weighted by molar-refractivity contribution is 0.660. The second kappa shape index (κ2) is 10.3. The van der Waals surface area contributed by atoms with Crippen LogP contribution in [0.2, 0.25) is 0 Å². The van der Waals surface area contributed by atoms with Crippen molar-refractivity contribution in [3.63, 3.8) is 0 Å². The molecule has 0 aliphatic heterocycles. The zero-order chi connectivity index (χ0) is 33.8. The van der Waals surface area contributed by atoms with Gasteiger partial charge in [-0.15, -0.1) is 0 Å². The molecule has 1 aliphatic carbocycles. The van der Waals surface area contributed by atoms with Crippen LogP contribution in [0.3, 0.4) is 0 Å². The molecule has 0 fully saturated rings. The van der Waals surface area contributed by atoms with Crippen molar-refractivity contribution in [2.45, 2.75) is 19.3 Å². The highest BCUT2D eigenvalue weighted by Crippen LogP contribution is 2.49. The molecule has 3 aromatic heterocycles. The smallest absolute Gasteiger partial charge is 0.235 e. The van der Waals surface area contributed by atoms with E-state index >= 15 is 0 Å². The van der Waals surface area contributed by atoms with Crippen LogP contribution in [0.1, 0.15) is 25.0 Å². The second-order valence-electron chi connectivity index (χ2n) is 14.2. The summed E-state index contributed by atoms with van der Waals surface area (Å²) in [6.07, 6.45) is 0. The van der Waals surface area contributed by atoms with Crippen LogP contribution in [0, 0.1) is 0 Å². The van der Waals surface area contributed by atoms with Gasteiger partial charge in [-0.3, -0.25) is 4.57 Å². The van der Waals surface area contributed by atoms with Gasteiger partial charge in [0, 0.05) is 37.9 Å². The fraction of sp³-hybridized carbons (Fsp3) is 0.0638. The highest BCUT2D eigenvalue weighted by Gasteiger charge is 2.35. The van der Waals surface area contributed by atoms with Crippen LogP contribution < -0.4 is 0 Å². The molecule has 51 heavy (non-hydrogen) atoms. The minimum Gasteiger partial charge on any atom is -0.456 e. The van der Waals surface area contributed by atoms with E-state index in [-0.39, 0.29) is 5.41 Å². The van der Waals surface area contributed by atoms with Gasteiger partial charge in [0.1, 0.15) is 11.2 Å². The van der Waals surface area contributed by atoms with Crippen molar-refractivity contribution in [3.8, 4) is 39.5 Å². The number of benzene rings is 7.